The minimum atomic E-state index is -0.0739. The second-order valence-corrected chi connectivity index (χ2v) is 10.2. The minimum Gasteiger partial charge on any atom is -0.455 e. The minimum absolute atomic E-state index is 0.0739. The highest BCUT2D eigenvalue weighted by Crippen LogP contribution is 2.41. The average molecular weight is 480 g/mol. The van der Waals surface area contributed by atoms with Crippen molar-refractivity contribution in [3.8, 4) is 39.6 Å². The third-order valence-corrected chi connectivity index (χ3v) is 6.76. The van der Waals surface area contributed by atoms with Gasteiger partial charge in [0.2, 0.25) is 0 Å². The van der Waals surface area contributed by atoms with Gasteiger partial charge in [0, 0.05) is 33.5 Å². The summed E-state index contributed by atoms with van der Waals surface area (Å²) in [5, 5.41) is 11.9. The second-order valence-electron chi connectivity index (χ2n) is 10.2. The van der Waals surface area contributed by atoms with Crippen LogP contribution in [0.1, 0.15) is 32.0 Å². The fraction of sp³-hybridized carbons (Fsp3) is 0.121. The van der Waals surface area contributed by atoms with Crippen molar-refractivity contribution in [1.82, 2.24) is 9.97 Å². The number of nitrogens with zero attached hydrogens (tertiary/aromatic N) is 3. The molecule has 6 rings (SSSR count). The van der Waals surface area contributed by atoms with Gasteiger partial charge in [-0.15, -0.1) is 0 Å². The molecule has 0 radical (unpaired) electrons. The second kappa shape index (κ2) is 8.72. The molecule has 4 aromatic carbocycles. The van der Waals surface area contributed by atoms with E-state index in [1.54, 1.807) is 0 Å². The number of rotatable bonds is 3. The van der Waals surface area contributed by atoms with Gasteiger partial charge in [-0.05, 0) is 34.9 Å². The Bertz CT molecular complexity index is 1780. The molecule has 0 saturated heterocycles. The van der Waals surface area contributed by atoms with E-state index in [0.717, 1.165) is 55.6 Å². The Morgan fingerprint density at radius 3 is 2.05 bits per heavy atom. The Kier molecular flexibility index (Phi) is 5.35. The summed E-state index contributed by atoms with van der Waals surface area (Å²) in [5.41, 5.74) is 8.54. The van der Waals surface area contributed by atoms with Crippen molar-refractivity contribution < 1.29 is 4.42 Å². The molecule has 2 heterocycles. The fourth-order valence-electron chi connectivity index (χ4n) is 4.76. The molecule has 0 aliphatic carbocycles. The van der Waals surface area contributed by atoms with E-state index in [-0.39, 0.29) is 5.41 Å². The molecule has 178 valence electrons. The zero-order valence-corrected chi connectivity index (χ0v) is 21.0. The van der Waals surface area contributed by atoms with Crippen molar-refractivity contribution >= 4 is 21.9 Å². The third kappa shape index (κ3) is 3.95. The lowest BCUT2D eigenvalue weighted by atomic mass is 9.92. The summed E-state index contributed by atoms with van der Waals surface area (Å²) in [6, 6.07) is 30.8. The average Bonchev–Trinajstić information content (AvgIpc) is 3.31. The highest BCUT2D eigenvalue weighted by Gasteiger charge is 2.20. The third-order valence-electron chi connectivity index (χ3n) is 6.76. The van der Waals surface area contributed by atoms with Gasteiger partial charge in [0.25, 0.3) is 0 Å². The number of benzene rings is 4. The molecule has 2 aromatic heterocycles. The molecule has 0 aliphatic rings. The molecular formula is C33H25N3O. The van der Waals surface area contributed by atoms with E-state index in [1.807, 2.05) is 54.9 Å². The number of aromatic nitrogens is 2. The Hall–Kier alpha value is -4.75. The van der Waals surface area contributed by atoms with Crippen LogP contribution in [0.2, 0.25) is 0 Å². The molecule has 0 fully saturated rings. The lowest BCUT2D eigenvalue weighted by Gasteiger charge is -2.16. The summed E-state index contributed by atoms with van der Waals surface area (Å²) in [7, 11) is 0. The summed E-state index contributed by atoms with van der Waals surface area (Å²) in [5.74, 6) is 0. The monoisotopic (exact) mass is 479 g/mol. The smallest absolute Gasteiger partial charge is 0.144 e. The Labute approximate surface area is 215 Å². The molecular weight excluding hydrogens is 454 g/mol. The van der Waals surface area contributed by atoms with Crippen molar-refractivity contribution in [1.29, 1.82) is 5.26 Å². The van der Waals surface area contributed by atoms with Crippen LogP contribution in [-0.2, 0) is 5.41 Å². The van der Waals surface area contributed by atoms with E-state index in [1.165, 1.54) is 0 Å². The topological polar surface area (TPSA) is 62.7 Å². The number of furan rings is 1. The van der Waals surface area contributed by atoms with Gasteiger partial charge in [0.1, 0.15) is 11.2 Å². The highest BCUT2D eigenvalue weighted by molar-refractivity contribution is 6.13. The number of nitriles is 1. The molecule has 0 unspecified atom stereocenters. The molecule has 0 N–H and O–H groups in total. The van der Waals surface area contributed by atoms with Gasteiger partial charge in [-0.3, -0.25) is 9.97 Å². The van der Waals surface area contributed by atoms with Gasteiger partial charge < -0.3 is 4.42 Å². The van der Waals surface area contributed by atoms with Gasteiger partial charge in [0.05, 0.1) is 29.2 Å². The first-order chi connectivity index (χ1) is 17.9. The highest BCUT2D eigenvalue weighted by atomic mass is 16.3. The molecule has 6 aromatic rings. The Morgan fingerprint density at radius 2 is 1.38 bits per heavy atom. The molecule has 4 nitrogen and oxygen atoms in total. The zero-order chi connectivity index (χ0) is 25.6. The van der Waals surface area contributed by atoms with E-state index < -0.39 is 0 Å². The summed E-state index contributed by atoms with van der Waals surface area (Å²) >= 11 is 0. The molecule has 37 heavy (non-hydrogen) atoms. The molecule has 0 aliphatic heterocycles. The van der Waals surface area contributed by atoms with Crippen LogP contribution >= 0.6 is 0 Å². The summed E-state index contributed by atoms with van der Waals surface area (Å²) in [4.78, 5) is 9.38. The lowest BCUT2D eigenvalue weighted by Crippen LogP contribution is -2.13. The van der Waals surface area contributed by atoms with Crippen LogP contribution < -0.4 is 0 Å². The first kappa shape index (κ1) is 22.7. The number of para-hydroxylation sites is 1. The van der Waals surface area contributed by atoms with Crippen molar-refractivity contribution in [2.24, 2.45) is 0 Å². The van der Waals surface area contributed by atoms with Crippen LogP contribution in [-0.4, -0.2) is 9.97 Å². The van der Waals surface area contributed by atoms with E-state index in [0.29, 0.717) is 11.1 Å². The van der Waals surface area contributed by atoms with Crippen molar-refractivity contribution in [3.63, 3.8) is 0 Å². The van der Waals surface area contributed by atoms with Crippen molar-refractivity contribution in [2.45, 2.75) is 26.2 Å². The first-order valence-corrected chi connectivity index (χ1v) is 12.3. The predicted molar refractivity (Wildman–Crippen MR) is 149 cm³/mol. The van der Waals surface area contributed by atoms with Gasteiger partial charge >= 0.3 is 0 Å². The maximum Gasteiger partial charge on any atom is 0.144 e. The van der Waals surface area contributed by atoms with E-state index in [4.69, 9.17) is 9.40 Å². The Balaban J connectivity index is 1.52. The van der Waals surface area contributed by atoms with Crippen molar-refractivity contribution in [2.75, 3.05) is 0 Å². The van der Waals surface area contributed by atoms with E-state index in [9.17, 15) is 5.26 Å². The van der Waals surface area contributed by atoms with Crippen molar-refractivity contribution in [3.05, 3.63) is 109 Å². The van der Waals surface area contributed by atoms with Crippen LogP contribution in [0.4, 0.5) is 0 Å². The van der Waals surface area contributed by atoms with E-state index >= 15 is 0 Å². The van der Waals surface area contributed by atoms with Crippen LogP contribution in [0, 0.1) is 11.3 Å². The van der Waals surface area contributed by atoms with Crippen LogP contribution in [0.3, 0.4) is 0 Å². The lowest BCUT2D eigenvalue weighted by molar-refractivity contribution is 0.566. The van der Waals surface area contributed by atoms with Gasteiger partial charge in [-0.1, -0.05) is 87.5 Å². The normalized spacial score (nSPS) is 11.6. The molecule has 4 heteroatoms. The summed E-state index contributed by atoms with van der Waals surface area (Å²) in [6.45, 7) is 6.37. The van der Waals surface area contributed by atoms with Crippen LogP contribution in [0.25, 0.3) is 55.4 Å². The molecule has 0 saturated carbocycles. The fourth-order valence-corrected chi connectivity index (χ4v) is 4.76. The van der Waals surface area contributed by atoms with Crippen LogP contribution in [0.5, 0.6) is 0 Å². The first-order valence-electron chi connectivity index (χ1n) is 12.3. The SMILES string of the molecule is CC(C)(C)c1cnc(-c2cccc3c2oc2c(-c4ccc(-c5ccccc5)cc4)c(C#N)ccc23)cn1. The van der Waals surface area contributed by atoms with Gasteiger partial charge in [-0.25, -0.2) is 0 Å². The maximum absolute atomic E-state index is 9.96. The summed E-state index contributed by atoms with van der Waals surface area (Å²) < 4.78 is 6.56. The maximum atomic E-state index is 9.96. The number of fused-ring (bicyclic) bond motifs is 3. The molecule has 0 atom stereocenters. The summed E-state index contributed by atoms with van der Waals surface area (Å²) in [6.07, 6.45) is 3.65. The largest absolute Gasteiger partial charge is 0.455 e. The molecule has 0 amide bonds. The van der Waals surface area contributed by atoms with Gasteiger partial charge in [-0.2, -0.15) is 5.26 Å². The zero-order valence-electron chi connectivity index (χ0n) is 21.0. The standard InChI is InChI=1S/C33H25N3O/c1-33(2,3)29-20-35-28(19-36-29)27-11-7-10-25-26-17-16-24(18-34)30(32(26)37-31(25)27)23-14-12-22(13-15-23)21-8-5-4-6-9-21/h4-17,19-20H,1-3H3. The quantitative estimate of drug-likeness (QED) is 0.255. The Morgan fingerprint density at radius 1 is 0.676 bits per heavy atom. The van der Waals surface area contributed by atoms with E-state index in [2.05, 4.69) is 74.3 Å². The number of hydrogen-bond acceptors (Lipinski definition) is 4. The van der Waals surface area contributed by atoms with Crippen LogP contribution in [0.15, 0.2) is 102 Å². The molecule has 0 spiro atoms. The van der Waals surface area contributed by atoms with Gasteiger partial charge in [0.15, 0.2) is 0 Å². The molecule has 0 bridgehead atoms. The predicted octanol–water partition coefficient (Wildman–Crippen LogP) is 8.55. The number of hydrogen-bond donors (Lipinski definition) is 0.